The van der Waals surface area contributed by atoms with E-state index in [2.05, 4.69) is 17.2 Å². The first-order chi connectivity index (χ1) is 9.74. The van der Waals surface area contributed by atoms with Crippen LogP contribution in [0.4, 0.5) is 0 Å². The van der Waals surface area contributed by atoms with Crippen molar-refractivity contribution in [1.29, 1.82) is 0 Å². The van der Waals surface area contributed by atoms with Gasteiger partial charge in [0.1, 0.15) is 5.75 Å². The zero-order chi connectivity index (χ0) is 14.4. The number of rotatable bonds is 7. The number of hydrogen-bond acceptors (Lipinski definition) is 4. The summed E-state index contributed by atoms with van der Waals surface area (Å²) in [6.07, 6.45) is 3.72. The maximum Gasteiger partial charge on any atom is 0.196 e. The molecule has 1 aromatic heterocycles. The lowest BCUT2D eigenvalue weighted by atomic mass is 10.1. The number of nitrogens with one attached hydrogen (secondary N) is 1. The normalized spacial score (nSPS) is 10.8. The van der Waals surface area contributed by atoms with Gasteiger partial charge < -0.3 is 14.5 Å². The van der Waals surface area contributed by atoms with Crippen molar-refractivity contribution in [3.63, 3.8) is 0 Å². The summed E-state index contributed by atoms with van der Waals surface area (Å²) in [5, 5.41) is 3.34. The molecule has 2 rings (SSSR count). The van der Waals surface area contributed by atoms with Crippen LogP contribution < -0.4 is 10.1 Å². The molecule has 1 heterocycles. The fraction of sp³-hybridized carbons (Fsp3) is 0.438. The zero-order valence-electron chi connectivity index (χ0n) is 12.4. The summed E-state index contributed by atoms with van der Waals surface area (Å²) in [6, 6.07) is 6.03. The van der Waals surface area contributed by atoms with Crippen molar-refractivity contribution in [2.24, 2.45) is 0 Å². The molecule has 20 heavy (non-hydrogen) atoms. The summed E-state index contributed by atoms with van der Waals surface area (Å²) in [5.41, 5.74) is 2.10. The molecule has 1 N–H and O–H groups in total. The monoisotopic (exact) mass is 274 g/mol. The van der Waals surface area contributed by atoms with E-state index < -0.39 is 0 Å². The Bertz CT molecular complexity index is 549. The first-order valence-corrected chi connectivity index (χ1v) is 7.05. The second kappa shape index (κ2) is 7.10. The highest BCUT2D eigenvalue weighted by atomic mass is 16.5. The van der Waals surface area contributed by atoms with Gasteiger partial charge in [-0.05, 0) is 31.5 Å². The second-order valence-electron chi connectivity index (χ2n) is 4.80. The van der Waals surface area contributed by atoms with Crippen molar-refractivity contribution in [1.82, 2.24) is 10.3 Å². The topological polar surface area (TPSA) is 47.3 Å². The van der Waals surface area contributed by atoms with Crippen LogP contribution >= 0.6 is 0 Å². The maximum atomic E-state index is 5.78. The van der Waals surface area contributed by atoms with E-state index >= 15 is 0 Å². The van der Waals surface area contributed by atoms with Gasteiger partial charge in [0.25, 0.3) is 0 Å². The fourth-order valence-electron chi connectivity index (χ4n) is 2.03. The van der Waals surface area contributed by atoms with Gasteiger partial charge in [-0.15, -0.1) is 0 Å². The number of aromatic nitrogens is 1. The minimum Gasteiger partial charge on any atom is -0.496 e. The summed E-state index contributed by atoms with van der Waals surface area (Å²) in [4.78, 5) is 4.32. The molecule has 0 fully saturated rings. The smallest absolute Gasteiger partial charge is 0.196 e. The van der Waals surface area contributed by atoms with Gasteiger partial charge in [0.2, 0.25) is 0 Å². The van der Waals surface area contributed by atoms with Gasteiger partial charge in [0, 0.05) is 18.5 Å². The minimum absolute atomic E-state index is 0.767. The predicted octanol–water partition coefficient (Wildman–Crippen LogP) is 3.20. The summed E-state index contributed by atoms with van der Waals surface area (Å²) in [5.74, 6) is 2.42. The molecule has 108 valence electrons. The van der Waals surface area contributed by atoms with E-state index in [1.807, 2.05) is 25.1 Å². The van der Waals surface area contributed by atoms with Crippen LogP contribution in [0.5, 0.6) is 5.75 Å². The van der Waals surface area contributed by atoms with Crippen LogP contribution in [0, 0.1) is 6.92 Å². The molecule has 4 heteroatoms. The highest BCUT2D eigenvalue weighted by molar-refractivity contribution is 5.60. The molecule has 0 aliphatic rings. The standard InChI is InChI=1S/C16H22N2O2/c1-4-8-17-9-7-16-18-11-15(20-16)13-6-5-12(2)14(10-13)19-3/h5-6,10-11,17H,4,7-9H2,1-3H3. The van der Waals surface area contributed by atoms with E-state index in [0.29, 0.717) is 0 Å². The third-order valence-corrected chi connectivity index (χ3v) is 3.19. The molecule has 4 nitrogen and oxygen atoms in total. The van der Waals surface area contributed by atoms with Gasteiger partial charge in [-0.1, -0.05) is 19.1 Å². The Balaban J connectivity index is 2.04. The van der Waals surface area contributed by atoms with Crippen LogP contribution in [0.1, 0.15) is 24.8 Å². The fourth-order valence-corrected chi connectivity index (χ4v) is 2.03. The molecule has 0 atom stereocenters. The van der Waals surface area contributed by atoms with Crippen molar-refractivity contribution in [3.8, 4) is 17.1 Å². The lowest BCUT2D eigenvalue weighted by molar-refractivity contribution is 0.411. The number of oxazole rings is 1. The average molecular weight is 274 g/mol. The van der Waals surface area contributed by atoms with Crippen molar-refractivity contribution >= 4 is 0 Å². The Hall–Kier alpha value is -1.81. The molecule has 2 aromatic rings. The molecule has 0 aliphatic heterocycles. The SMILES string of the molecule is CCCNCCc1ncc(-c2ccc(C)c(OC)c2)o1. The van der Waals surface area contributed by atoms with Crippen molar-refractivity contribution in [3.05, 3.63) is 35.9 Å². The average Bonchev–Trinajstić information content (AvgIpc) is 2.93. The predicted molar refractivity (Wildman–Crippen MR) is 80.1 cm³/mol. The first kappa shape index (κ1) is 14.6. The second-order valence-corrected chi connectivity index (χ2v) is 4.80. The van der Waals surface area contributed by atoms with Crippen LogP contribution in [0.2, 0.25) is 0 Å². The Morgan fingerprint density at radius 3 is 2.90 bits per heavy atom. The molecule has 0 saturated carbocycles. The Morgan fingerprint density at radius 2 is 2.15 bits per heavy atom. The number of nitrogens with zero attached hydrogens (tertiary/aromatic N) is 1. The summed E-state index contributed by atoms with van der Waals surface area (Å²) in [6.45, 7) is 6.10. The molecule has 1 aromatic carbocycles. The van der Waals surface area contributed by atoms with Gasteiger partial charge in [-0.2, -0.15) is 0 Å². The lowest BCUT2D eigenvalue weighted by Gasteiger charge is -2.05. The number of methoxy groups -OCH3 is 1. The molecule has 0 saturated heterocycles. The van der Waals surface area contributed by atoms with Gasteiger partial charge >= 0.3 is 0 Å². The van der Waals surface area contributed by atoms with Gasteiger partial charge in [0.15, 0.2) is 11.7 Å². The summed E-state index contributed by atoms with van der Waals surface area (Å²) >= 11 is 0. The number of hydrogen-bond donors (Lipinski definition) is 1. The molecule has 0 spiro atoms. The van der Waals surface area contributed by atoms with Crippen LogP contribution in [0.15, 0.2) is 28.8 Å². The van der Waals surface area contributed by atoms with Crippen LogP contribution in [-0.2, 0) is 6.42 Å². The first-order valence-electron chi connectivity index (χ1n) is 7.05. The molecule has 0 bridgehead atoms. The Labute approximate surface area is 120 Å². The largest absolute Gasteiger partial charge is 0.496 e. The Morgan fingerprint density at radius 1 is 1.30 bits per heavy atom. The van der Waals surface area contributed by atoms with Crippen molar-refractivity contribution < 1.29 is 9.15 Å². The highest BCUT2D eigenvalue weighted by Gasteiger charge is 2.08. The van der Waals surface area contributed by atoms with Gasteiger partial charge in [0.05, 0.1) is 13.3 Å². The maximum absolute atomic E-state index is 5.78. The summed E-state index contributed by atoms with van der Waals surface area (Å²) < 4.78 is 11.1. The lowest BCUT2D eigenvalue weighted by Crippen LogP contribution is -2.17. The van der Waals surface area contributed by atoms with E-state index in [9.17, 15) is 0 Å². The van der Waals surface area contributed by atoms with Crippen molar-refractivity contribution in [2.45, 2.75) is 26.7 Å². The number of aryl methyl sites for hydroxylation is 1. The van der Waals surface area contributed by atoms with E-state index in [1.165, 1.54) is 0 Å². The Kier molecular flexibility index (Phi) is 5.18. The molecule has 0 unspecified atom stereocenters. The van der Waals surface area contributed by atoms with Crippen LogP contribution in [-0.4, -0.2) is 25.2 Å². The van der Waals surface area contributed by atoms with Crippen molar-refractivity contribution in [2.75, 3.05) is 20.2 Å². The van der Waals surface area contributed by atoms with Crippen LogP contribution in [0.25, 0.3) is 11.3 Å². The number of ether oxygens (including phenoxy) is 1. The van der Waals surface area contributed by atoms with E-state index in [4.69, 9.17) is 9.15 Å². The van der Waals surface area contributed by atoms with Gasteiger partial charge in [-0.25, -0.2) is 4.98 Å². The van der Waals surface area contributed by atoms with E-state index in [1.54, 1.807) is 13.3 Å². The molecular formula is C16H22N2O2. The third kappa shape index (κ3) is 3.61. The van der Waals surface area contributed by atoms with E-state index in [0.717, 1.165) is 54.5 Å². The molecular weight excluding hydrogens is 252 g/mol. The quantitative estimate of drug-likeness (QED) is 0.788. The molecule has 0 radical (unpaired) electrons. The number of benzene rings is 1. The minimum atomic E-state index is 0.767. The highest BCUT2D eigenvalue weighted by Crippen LogP contribution is 2.27. The zero-order valence-corrected chi connectivity index (χ0v) is 12.4. The molecule has 0 aliphatic carbocycles. The molecule has 0 amide bonds. The van der Waals surface area contributed by atoms with Gasteiger partial charge in [-0.3, -0.25) is 0 Å². The third-order valence-electron chi connectivity index (χ3n) is 3.19. The summed E-state index contributed by atoms with van der Waals surface area (Å²) in [7, 11) is 1.68. The van der Waals surface area contributed by atoms with E-state index in [-0.39, 0.29) is 0 Å². The van der Waals surface area contributed by atoms with Crippen LogP contribution in [0.3, 0.4) is 0 Å².